The SMILES string of the molecule is COCCOCCNC1CCC(C)(C)CC1C. The topological polar surface area (TPSA) is 30.5 Å². The number of methoxy groups -OCH3 is 1. The Kier molecular flexibility index (Phi) is 6.45. The van der Waals surface area contributed by atoms with Crippen molar-refractivity contribution in [3.8, 4) is 0 Å². The van der Waals surface area contributed by atoms with Gasteiger partial charge in [-0.3, -0.25) is 0 Å². The largest absolute Gasteiger partial charge is 0.382 e. The van der Waals surface area contributed by atoms with Crippen molar-refractivity contribution in [1.29, 1.82) is 0 Å². The average molecular weight is 243 g/mol. The first-order valence-electron chi connectivity index (χ1n) is 6.85. The molecule has 3 heteroatoms. The van der Waals surface area contributed by atoms with Gasteiger partial charge in [-0.1, -0.05) is 20.8 Å². The number of nitrogens with one attached hydrogen (secondary N) is 1. The van der Waals surface area contributed by atoms with Gasteiger partial charge in [-0.15, -0.1) is 0 Å². The van der Waals surface area contributed by atoms with E-state index in [1.807, 2.05) is 0 Å². The molecule has 0 radical (unpaired) electrons. The van der Waals surface area contributed by atoms with Crippen LogP contribution < -0.4 is 5.32 Å². The molecule has 1 fully saturated rings. The Balaban J connectivity index is 2.08. The molecule has 1 aliphatic rings. The lowest BCUT2D eigenvalue weighted by Crippen LogP contribution is -2.42. The highest BCUT2D eigenvalue weighted by molar-refractivity contribution is 4.86. The van der Waals surface area contributed by atoms with Crippen LogP contribution in [0.2, 0.25) is 0 Å². The second-order valence-electron chi connectivity index (χ2n) is 6.05. The molecule has 3 nitrogen and oxygen atoms in total. The second-order valence-corrected chi connectivity index (χ2v) is 6.05. The molecule has 1 saturated carbocycles. The Morgan fingerprint density at radius 2 is 2.00 bits per heavy atom. The molecule has 1 rings (SSSR count). The molecule has 17 heavy (non-hydrogen) atoms. The Hall–Kier alpha value is -0.120. The molecule has 0 amide bonds. The van der Waals surface area contributed by atoms with Gasteiger partial charge >= 0.3 is 0 Å². The van der Waals surface area contributed by atoms with E-state index >= 15 is 0 Å². The van der Waals surface area contributed by atoms with Crippen LogP contribution in [-0.4, -0.2) is 39.5 Å². The summed E-state index contributed by atoms with van der Waals surface area (Å²) in [6.45, 7) is 10.3. The summed E-state index contributed by atoms with van der Waals surface area (Å²) in [5.74, 6) is 0.776. The van der Waals surface area contributed by atoms with Gasteiger partial charge in [-0.25, -0.2) is 0 Å². The first-order valence-corrected chi connectivity index (χ1v) is 6.85. The maximum absolute atomic E-state index is 5.45. The second kappa shape index (κ2) is 7.34. The third-order valence-electron chi connectivity index (χ3n) is 3.78. The van der Waals surface area contributed by atoms with Crippen molar-refractivity contribution < 1.29 is 9.47 Å². The molecule has 2 unspecified atom stereocenters. The summed E-state index contributed by atoms with van der Waals surface area (Å²) in [4.78, 5) is 0. The first-order chi connectivity index (χ1) is 8.05. The van der Waals surface area contributed by atoms with Crippen molar-refractivity contribution in [2.75, 3.05) is 33.5 Å². The molecule has 1 aliphatic carbocycles. The molecule has 0 aromatic carbocycles. The molecule has 0 saturated heterocycles. The van der Waals surface area contributed by atoms with Crippen LogP contribution in [-0.2, 0) is 9.47 Å². The minimum Gasteiger partial charge on any atom is -0.382 e. The summed E-state index contributed by atoms with van der Waals surface area (Å²) >= 11 is 0. The number of hydrogen-bond donors (Lipinski definition) is 1. The van der Waals surface area contributed by atoms with Crippen molar-refractivity contribution in [2.45, 2.75) is 46.1 Å². The molecule has 0 aliphatic heterocycles. The predicted octanol–water partition coefficient (Wildman–Crippen LogP) is 2.45. The van der Waals surface area contributed by atoms with Crippen molar-refractivity contribution >= 4 is 0 Å². The molecule has 0 heterocycles. The fraction of sp³-hybridized carbons (Fsp3) is 1.00. The Labute approximate surface area is 106 Å². The van der Waals surface area contributed by atoms with Crippen LogP contribution >= 0.6 is 0 Å². The normalized spacial score (nSPS) is 28.2. The monoisotopic (exact) mass is 243 g/mol. The van der Waals surface area contributed by atoms with Gasteiger partial charge in [-0.2, -0.15) is 0 Å². The van der Waals surface area contributed by atoms with E-state index in [1.54, 1.807) is 7.11 Å². The summed E-state index contributed by atoms with van der Waals surface area (Å²) in [5, 5.41) is 3.62. The van der Waals surface area contributed by atoms with Crippen molar-refractivity contribution in [2.24, 2.45) is 11.3 Å². The van der Waals surface area contributed by atoms with Crippen LogP contribution in [0.1, 0.15) is 40.0 Å². The van der Waals surface area contributed by atoms with E-state index in [2.05, 4.69) is 26.1 Å². The lowest BCUT2D eigenvalue weighted by atomic mass is 9.70. The van der Waals surface area contributed by atoms with E-state index in [9.17, 15) is 0 Å². The summed E-state index contributed by atoms with van der Waals surface area (Å²) in [6.07, 6.45) is 3.96. The van der Waals surface area contributed by atoms with E-state index in [-0.39, 0.29) is 0 Å². The van der Waals surface area contributed by atoms with Gasteiger partial charge < -0.3 is 14.8 Å². The zero-order chi connectivity index (χ0) is 12.7. The van der Waals surface area contributed by atoms with Gasteiger partial charge in [0.15, 0.2) is 0 Å². The summed E-state index contributed by atoms with van der Waals surface area (Å²) < 4.78 is 10.4. The van der Waals surface area contributed by atoms with Crippen LogP contribution in [0, 0.1) is 11.3 Å². The fourth-order valence-corrected chi connectivity index (χ4v) is 2.81. The van der Waals surface area contributed by atoms with Crippen molar-refractivity contribution in [1.82, 2.24) is 5.32 Å². The van der Waals surface area contributed by atoms with Gasteiger partial charge in [0, 0.05) is 19.7 Å². The zero-order valence-corrected chi connectivity index (χ0v) is 11.9. The van der Waals surface area contributed by atoms with Crippen LogP contribution in [0.3, 0.4) is 0 Å². The Bertz CT molecular complexity index is 206. The van der Waals surface area contributed by atoms with E-state index in [0.29, 0.717) is 24.7 Å². The Morgan fingerprint density at radius 1 is 1.24 bits per heavy atom. The number of rotatable bonds is 7. The van der Waals surface area contributed by atoms with Crippen molar-refractivity contribution in [3.05, 3.63) is 0 Å². The lowest BCUT2D eigenvalue weighted by Gasteiger charge is -2.39. The highest BCUT2D eigenvalue weighted by Crippen LogP contribution is 2.38. The molecule has 0 spiro atoms. The van der Waals surface area contributed by atoms with Gasteiger partial charge in [0.25, 0.3) is 0 Å². The zero-order valence-electron chi connectivity index (χ0n) is 11.9. The summed E-state index contributed by atoms with van der Waals surface area (Å²) in [5.41, 5.74) is 0.534. The fourth-order valence-electron chi connectivity index (χ4n) is 2.81. The first kappa shape index (κ1) is 14.9. The number of hydrogen-bond acceptors (Lipinski definition) is 3. The molecule has 0 aromatic heterocycles. The minimum absolute atomic E-state index is 0.534. The molecule has 0 aromatic rings. The smallest absolute Gasteiger partial charge is 0.0700 e. The van der Waals surface area contributed by atoms with Crippen LogP contribution in [0.25, 0.3) is 0 Å². The van der Waals surface area contributed by atoms with Crippen LogP contribution in [0.15, 0.2) is 0 Å². The predicted molar refractivity (Wildman–Crippen MR) is 71.3 cm³/mol. The average Bonchev–Trinajstić information content (AvgIpc) is 2.25. The van der Waals surface area contributed by atoms with E-state index < -0.39 is 0 Å². The summed E-state index contributed by atoms with van der Waals surface area (Å²) in [7, 11) is 1.70. The molecular formula is C14H29NO2. The van der Waals surface area contributed by atoms with E-state index in [1.165, 1.54) is 19.3 Å². The lowest BCUT2D eigenvalue weighted by molar-refractivity contribution is 0.0673. The summed E-state index contributed by atoms with van der Waals surface area (Å²) in [6, 6.07) is 0.675. The van der Waals surface area contributed by atoms with Crippen molar-refractivity contribution in [3.63, 3.8) is 0 Å². The Morgan fingerprint density at radius 3 is 2.65 bits per heavy atom. The maximum Gasteiger partial charge on any atom is 0.0700 e. The quantitative estimate of drug-likeness (QED) is 0.697. The van der Waals surface area contributed by atoms with Gasteiger partial charge in [0.05, 0.1) is 19.8 Å². The minimum atomic E-state index is 0.534. The highest BCUT2D eigenvalue weighted by Gasteiger charge is 2.31. The molecule has 102 valence electrons. The standard InChI is InChI=1S/C14H29NO2/c1-12-11-14(2,3)6-5-13(12)15-7-8-17-10-9-16-4/h12-13,15H,5-11H2,1-4H3. The van der Waals surface area contributed by atoms with E-state index in [4.69, 9.17) is 9.47 Å². The highest BCUT2D eigenvalue weighted by atomic mass is 16.5. The van der Waals surface area contributed by atoms with Crippen LogP contribution in [0.5, 0.6) is 0 Å². The van der Waals surface area contributed by atoms with Crippen LogP contribution in [0.4, 0.5) is 0 Å². The molecular weight excluding hydrogens is 214 g/mol. The maximum atomic E-state index is 5.45. The molecule has 0 bridgehead atoms. The van der Waals surface area contributed by atoms with Gasteiger partial charge in [0.1, 0.15) is 0 Å². The molecule has 1 N–H and O–H groups in total. The number of ether oxygens (including phenoxy) is 2. The van der Waals surface area contributed by atoms with E-state index in [0.717, 1.165) is 19.1 Å². The molecule has 2 atom stereocenters. The third kappa shape index (κ3) is 5.84. The van der Waals surface area contributed by atoms with Gasteiger partial charge in [0.2, 0.25) is 0 Å². The third-order valence-corrected chi connectivity index (χ3v) is 3.78. The van der Waals surface area contributed by atoms with Gasteiger partial charge in [-0.05, 0) is 30.6 Å².